The molecule has 0 aliphatic carbocycles. The molecule has 1 radical (unpaired) electrons. The molecule has 67 heavy (non-hydrogen) atoms. The Kier molecular flexibility index (Phi) is 14.7. The van der Waals surface area contributed by atoms with Crippen molar-refractivity contribution in [2.75, 3.05) is 0 Å². The minimum Gasteiger partial charge on any atom is -0.333 e. The summed E-state index contributed by atoms with van der Waals surface area (Å²) >= 11 is -0.0211. The maximum Gasteiger partial charge on any atom is 0.0774 e. The van der Waals surface area contributed by atoms with Gasteiger partial charge in [0.05, 0.1) is 16.9 Å². The van der Waals surface area contributed by atoms with Crippen LogP contribution in [-0.2, 0) is 26.5 Å². The van der Waals surface area contributed by atoms with Crippen molar-refractivity contribution in [1.29, 1.82) is 0 Å². The average Bonchev–Trinajstić information content (AvgIpc) is 3.90. The van der Waals surface area contributed by atoms with Crippen LogP contribution in [0.2, 0.25) is 17.3 Å². The van der Waals surface area contributed by atoms with Crippen LogP contribution in [0.3, 0.4) is 0 Å². The number of hydrogen-bond acceptors (Lipinski definition) is 3. The Bertz CT molecular complexity index is 3260. The predicted octanol–water partition coefficient (Wildman–Crippen LogP) is 16.7. The van der Waals surface area contributed by atoms with Crippen molar-refractivity contribution in [2.45, 2.75) is 77.1 Å². The topological polar surface area (TPSA) is 30.7 Å². The van der Waals surface area contributed by atoms with Crippen LogP contribution >= 0.6 is 11.3 Å². The summed E-state index contributed by atoms with van der Waals surface area (Å²) in [6, 6.07) is 63.2. The number of aromatic nitrogens is 3. The SMILES string of the molecule is CC(C)Cc1cc(-c2[c-]cccc2)nc[c]1[Ge]([CH3])([CH3])[CH3].CC(C)c1cccc(C(C)C)c1-n1c(-c2[c-]ccc3c2sc2ccc(-c4ccc(-c5ccccc5)cc4)cc23)nc2ccccc21.[Ir]. The zero-order valence-corrected chi connectivity index (χ0v) is 45.4. The summed E-state index contributed by atoms with van der Waals surface area (Å²) in [5.74, 6) is 9.68. The quantitative estimate of drug-likeness (QED) is 0.101. The van der Waals surface area contributed by atoms with E-state index in [2.05, 4.69) is 221 Å². The van der Waals surface area contributed by atoms with Gasteiger partial charge in [-0.1, -0.05) is 130 Å². The van der Waals surface area contributed by atoms with Gasteiger partial charge in [-0.3, -0.25) is 4.98 Å². The molecule has 0 bridgehead atoms. The zero-order valence-electron chi connectivity index (χ0n) is 40.1. The van der Waals surface area contributed by atoms with Gasteiger partial charge in [-0.25, -0.2) is 0 Å². The number of rotatable bonds is 10. The van der Waals surface area contributed by atoms with E-state index in [9.17, 15) is 0 Å². The molecule has 3 nitrogen and oxygen atoms in total. The molecule has 10 rings (SSSR count). The van der Waals surface area contributed by atoms with E-state index in [1.54, 1.807) is 4.40 Å². The number of pyridine rings is 1. The van der Waals surface area contributed by atoms with Crippen molar-refractivity contribution in [3.05, 3.63) is 193 Å². The van der Waals surface area contributed by atoms with Crippen LogP contribution in [0, 0.1) is 18.1 Å². The van der Waals surface area contributed by atoms with Crippen LogP contribution < -0.4 is 4.40 Å². The van der Waals surface area contributed by atoms with Crippen molar-refractivity contribution >= 4 is 60.2 Å². The third-order valence-electron chi connectivity index (χ3n) is 12.5. The van der Waals surface area contributed by atoms with E-state index < -0.39 is 13.3 Å². The van der Waals surface area contributed by atoms with Crippen LogP contribution in [0.4, 0.5) is 0 Å². The molecule has 0 N–H and O–H groups in total. The summed E-state index contributed by atoms with van der Waals surface area (Å²) in [7, 11) is 0. The Morgan fingerprint density at radius 3 is 1.91 bits per heavy atom. The molecule has 0 spiro atoms. The number of benzene rings is 7. The molecule has 0 atom stereocenters. The van der Waals surface area contributed by atoms with Gasteiger partial charge in [0.25, 0.3) is 0 Å². The van der Waals surface area contributed by atoms with Crippen molar-refractivity contribution in [1.82, 2.24) is 14.5 Å². The normalized spacial score (nSPS) is 11.7. The van der Waals surface area contributed by atoms with Gasteiger partial charge >= 0.3 is 126 Å². The fourth-order valence-corrected chi connectivity index (χ4v) is 13.8. The molecule has 0 unspecified atom stereocenters. The minimum atomic E-state index is -1.86. The number of hydrogen-bond donors (Lipinski definition) is 0. The standard InChI is InChI=1S/C43H35N2S.C18H24GeN.Ir/c1-27(2)33-14-10-15-34(28(3)4)41(33)45-39-19-9-8-18-38(39)44-43(45)36-17-11-16-35-37-26-32(24-25-40(37)46-42(35)36)31-22-20-30(21-23-31)29-12-6-5-7-13-29;1-14(2)11-16-12-18(15-9-7-6-8-10-15)20-13-17(16)19(3,4)5;/h5-16,18-28H,1-4H3;6-9,12-14H,11H2,1-5H3;/q2*-1;. The molecule has 0 aliphatic rings. The van der Waals surface area contributed by atoms with E-state index in [4.69, 9.17) is 9.97 Å². The van der Waals surface area contributed by atoms with Crippen LogP contribution in [-0.4, -0.2) is 27.8 Å². The first-order valence-electron chi connectivity index (χ1n) is 23.5. The first-order valence-corrected chi connectivity index (χ1v) is 31.6. The van der Waals surface area contributed by atoms with Gasteiger partial charge in [-0.05, 0) is 79.6 Å². The van der Waals surface area contributed by atoms with Crippen LogP contribution in [0.1, 0.15) is 70.1 Å². The van der Waals surface area contributed by atoms with E-state index >= 15 is 0 Å². The third-order valence-corrected chi connectivity index (χ3v) is 18.1. The molecule has 3 heterocycles. The predicted molar refractivity (Wildman–Crippen MR) is 287 cm³/mol. The summed E-state index contributed by atoms with van der Waals surface area (Å²) in [5.41, 5.74) is 15.6. The average molecular weight is 1130 g/mol. The number of nitrogens with zero attached hydrogens (tertiary/aromatic N) is 3. The number of imidazole rings is 1. The van der Waals surface area contributed by atoms with Crippen LogP contribution in [0.15, 0.2) is 164 Å². The summed E-state index contributed by atoms with van der Waals surface area (Å²) in [4.78, 5) is 10.0. The Hall–Kier alpha value is -5.43. The van der Waals surface area contributed by atoms with Crippen molar-refractivity contribution in [3.8, 4) is 50.6 Å². The molecule has 3 aromatic heterocycles. The first-order chi connectivity index (χ1) is 31.9. The fraction of sp³-hybridized carbons (Fsp3) is 0.213. The summed E-state index contributed by atoms with van der Waals surface area (Å²) < 4.78 is 6.45. The van der Waals surface area contributed by atoms with E-state index in [0.717, 1.165) is 40.1 Å². The van der Waals surface area contributed by atoms with E-state index in [-0.39, 0.29) is 20.1 Å². The van der Waals surface area contributed by atoms with E-state index in [0.29, 0.717) is 17.8 Å². The fourth-order valence-electron chi connectivity index (χ4n) is 9.24. The van der Waals surface area contributed by atoms with Crippen LogP contribution in [0.25, 0.3) is 81.8 Å². The Morgan fingerprint density at radius 1 is 0.612 bits per heavy atom. The smallest absolute Gasteiger partial charge is 0.0774 e. The molecule has 339 valence electrons. The van der Waals surface area contributed by atoms with E-state index in [1.165, 1.54) is 64.8 Å². The zero-order chi connectivity index (χ0) is 46.1. The molecule has 0 saturated carbocycles. The second-order valence-corrected chi connectivity index (χ2v) is 31.2. The molecular formula is C61H59GeIrN3S-2. The molecular weight excluding hydrogens is 1070 g/mol. The second kappa shape index (κ2) is 20.4. The molecule has 6 heteroatoms. The Balaban J connectivity index is 0.000000244. The van der Waals surface area contributed by atoms with Crippen molar-refractivity contribution in [3.63, 3.8) is 0 Å². The minimum absolute atomic E-state index is 0. The largest absolute Gasteiger partial charge is 0.333 e. The molecule has 0 saturated heterocycles. The number of thiophene rings is 1. The number of para-hydroxylation sites is 3. The third kappa shape index (κ3) is 10.1. The maximum atomic E-state index is 5.32. The molecule has 0 fully saturated rings. The Morgan fingerprint density at radius 2 is 1.25 bits per heavy atom. The first kappa shape index (κ1) is 48.0. The van der Waals surface area contributed by atoms with Crippen LogP contribution in [0.5, 0.6) is 0 Å². The van der Waals surface area contributed by atoms with Crippen molar-refractivity contribution < 1.29 is 20.1 Å². The van der Waals surface area contributed by atoms with E-state index in [1.807, 2.05) is 29.5 Å². The maximum absolute atomic E-state index is 5.32. The summed E-state index contributed by atoms with van der Waals surface area (Å²) in [6.07, 6.45) is 3.27. The van der Waals surface area contributed by atoms with Gasteiger partial charge in [-0.2, -0.15) is 11.3 Å². The molecule has 10 aromatic rings. The Labute approximate surface area is 418 Å². The van der Waals surface area contributed by atoms with Crippen molar-refractivity contribution in [2.24, 2.45) is 5.92 Å². The van der Waals surface area contributed by atoms with Gasteiger partial charge < -0.3 is 4.57 Å². The van der Waals surface area contributed by atoms with Gasteiger partial charge in [0, 0.05) is 30.5 Å². The number of fused-ring (bicyclic) bond motifs is 4. The monoisotopic (exact) mass is 1130 g/mol. The van der Waals surface area contributed by atoms with Gasteiger partial charge in [0.1, 0.15) is 0 Å². The summed E-state index contributed by atoms with van der Waals surface area (Å²) in [5, 5.41) is 2.52. The molecule has 7 aromatic carbocycles. The summed E-state index contributed by atoms with van der Waals surface area (Å²) in [6.45, 7) is 13.7. The van der Waals surface area contributed by atoms with Gasteiger partial charge in [0.15, 0.2) is 0 Å². The second-order valence-electron chi connectivity index (χ2n) is 19.6. The van der Waals surface area contributed by atoms with Gasteiger partial charge in [0.2, 0.25) is 0 Å². The van der Waals surface area contributed by atoms with Gasteiger partial charge in [-0.15, -0.1) is 18.2 Å². The molecule has 0 aliphatic heterocycles. The molecule has 0 amide bonds.